The van der Waals surface area contributed by atoms with Crippen LogP contribution in [-0.4, -0.2) is 65.9 Å². The summed E-state index contributed by atoms with van der Waals surface area (Å²) in [5.41, 5.74) is 9.83. The van der Waals surface area contributed by atoms with Crippen molar-refractivity contribution in [2.45, 2.75) is 106 Å². The Hall–Kier alpha value is -3.47. The Morgan fingerprint density at radius 1 is 1.02 bits per heavy atom. The molecule has 0 spiro atoms. The Bertz CT molecular complexity index is 1960. The van der Waals surface area contributed by atoms with E-state index in [2.05, 4.69) is 53.7 Å². The molecule has 8 bridgehead atoms. The van der Waals surface area contributed by atoms with Crippen LogP contribution in [0.4, 0.5) is 0 Å². The number of hydrogen-bond donors (Lipinski definition) is 1. The smallest absolute Gasteiger partial charge is 0.681 e. The molecule has 9 nitrogen and oxygen atoms in total. The average Bonchev–Trinajstić information content (AvgIpc) is 3.84. The Balaban J connectivity index is 0.00000504. The van der Waals surface area contributed by atoms with Crippen molar-refractivity contribution in [3.8, 4) is 0 Å². The van der Waals surface area contributed by atoms with Gasteiger partial charge in [0.2, 0.25) is 0 Å². The molecule has 2 aromatic heterocycles. The maximum Gasteiger partial charge on any atom is 2.00 e. The molecule has 0 radical (unpaired) electrons. The number of carbonyl (C=O) groups is 2. The molecule has 1 saturated heterocycles. The molecule has 0 amide bonds. The third-order valence-electron chi connectivity index (χ3n) is 11.5. The molecule has 6 atom stereocenters. The molecule has 10 heteroatoms. The van der Waals surface area contributed by atoms with Crippen molar-refractivity contribution in [2.24, 2.45) is 17.8 Å². The fraction of sp³-hybridized carbons (Fsp3) is 0.512. The molecule has 1 N–H and O–H groups in total. The summed E-state index contributed by atoms with van der Waals surface area (Å²) < 4.78 is 10.8. The van der Waals surface area contributed by atoms with Crippen molar-refractivity contribution in [3.05, 3.63) is 95.2 Å². The summed E-state index contributed by atoms with van der Waals surface area (Å²) in [5, 5.41) is 24.2. The molecule has 3 aliphatic heterocycles. The number of fused-ring (bicyclic) bond motifs is 8. The number of rotatable bonds is 9. The molecular weight excluding hydrogens is 653 g/mol. The SMILES string of the molecule is CC/C(C)=C/COC(=O)CC[C@@H]1C2[N-]/C(=C\C3=C(C)[C@H](CC)C(/C=c4\[n-]/c(c(CC)c4C)=C\c4[n-]c5c(c4C)[C@H](O)C(C(=O)OC)=C52)[N-]3)[C@H]1C.[Mg+2]. The van der Waals surface area contributed by atoms with Gasteiger partial charge in [-0.15, -0.1) is 33.9 Å². The number of ether oxygens (including phenoxy) is 2. The van der Waals surface area contributed by atoms with E-state index < -0.39 is 18.1 Å². The van der Waals surface area contributed by atoms with Crippen LogP contribution in [0.3, 0.4) is 0 Å². The zero-order valence-corrected chi connectivity index (χ0v) is 33.0. The van der Waals surface area contributed by atoms with E-state index >= 15 is 0 Å². The molecule has 2 unspecified atom stereocenters. The normalized spacial score (nSPS) is 27.4. The summed E-state index contributed by atoms with van der Waals surface area (Å²) in [6.07, 6.45) is 10.3. The molecule has 2 aromatic rings. The summed E-state index contributed by atoms with van der Waals surface area (Å²) >= 11 is 0. The Kier molecular flexibility index (Phi) is 11.9. The topological polar surface area (TPSA) is 129 Å². The second-order valence-corrected chi connectivity index (χ2v) is 14.2. The Morgan fingerprint density at radius 3 is 2.43 bits per heavy atom. The van der Waals surface area contributed by atoms with Gasteiger partial charge in [0.05, 0.1) is 12.7 Å². The van der Waals surface area contributed by atoms with Crippen LogP contribution >= 0.6 is 0 Å². The van der Waals surface area contributed by atoms with Crippen LogP contribution < -0.4 is 20.7 Å². The minimum absolute atomic E-state index is 0. The van der Waals surface area contributed by atoms with E-state index in [1.807, 2.05) is 26.0 Å². The van der Waals surface area contributed by atoms with Crippen LogP contribution in [-0.2, 0) is 25.5 Å². The standard InChI is InChI=1S/C41H51N4O5.Mg/c1-10-20(4)15-16-50-34(46)14-13-27-23(7)30-17-28-21(5)25(11-2)32(42-28)18-29-22(6)26(12-3)33(43-29)19-31-24(8)35-39(45-31)36(38(27)44-30)37(40(35)47)41(48)49-9;/h15,17-19,23,25,27,32,38,40,47H,10-14,16H2,1-9H3,(H-,43,45,48);/q-3;+2/p-1/b20-15+,29-18-,30-17-;/t23-,25-,27-,32?,38?,40-;/m0./s1. The molecule has 5 heterocycles. The van der Waals surface area contributed by atoms with Crippen molar-refractivity contribution in [3.63, 3.8) is 0 Å². The van der Waals surface area contributed by atoms with E-state index in [1.165, 1.54) is 18.3 Å². The third-order valence-corrected chi connectivity index (χ3v) is 11.5. The largest absolute Gasteiger partial charge is 2.00 e. The van der Waals surface area contributed by atoms with Gasteiger partial charge in [-0.2, -0.15) is 5.70 Å². The van der Waals surface area contributed by atoms with Gasteiger partial charge in [-0.1, -0.05) is 91.8 Å². The summed E-state index contributed by atoms with van der Waals surface area (Å²) in [6, 6.07) is -0.600. The van der Waals surface area contributed by atoms with E-state index in [4.69, 9.17) is 30.1 Å². The number of nitrogens with zero attached hydrogens (tertiary/aromatic N) is 4. The zero-order chi connectivity index (χ0) is 36.0. The van der Waals surface area contributed by atoms with Crippen LogP contribution in [0.1, 0.15) is 107 Å². The molecule has 51 heavy (non-hydrogen) atoms. The van der Waals surface area contributed by atoms with E-state index in [1.54, 1.807) is 0 Å². The van der Waals surface area contributed by atoms with Crippen LogP contribution in [0.15, 0.2) is 40.3 Å². The van der Waals surface area contributed by atoms with Crippen molar-refractivity contribution in [2.75, 3.05) is 13.7 Å². The van der Waals surface area contributed by atoms with Gasteiger partial charge in [-0.05, 0) is 76.4 Å². The van der Waals surface area contributed by atoms with Gasteiger partial charge in [0.15, 0.2) is 0 Å². The van der Waals surface area contributed by atoms with Crippen LogP contribution in [0.5, 0.6) is 0 Å². The first-order valence-corrected chi connectivity index (χ1v) is 18.1. The molecule has 0 aromatic carbocycles. The average molecular weight is 703 g/mol. The molecule has 1 aliphatic carbocycles. The molecule has 4 aliphatic rings. The van der Waals surface area contributed by atoms with E-state index in [-0.39, 0.29) is 71.4 Å². The second-order valence-electron chi connectivity index (χ2n) is 14.2. The molecule has 0 saturated carbocycles. The van der Waals surface area contributed by atoms with Gasteiger partial charge < -0.3 is 35.2 Å². The fourth-order valence-electron chi connectivity index (χ4n) is 8.25. The van der Waals surface area contributed by atoms with Crippen molar-refractivity contribution < 1.29 is 24.2 Å². The fourth-order valence-corrected chi connectivity index (χ4v) is 8.25. The third kappa shape index (κ3) is 6.91. The van der Waals surface area contributed by atoms with Gasteiger partial charge in [-0.3, -0.25) is 4.79 Å². The van der Waals surface area contributed by atoms with Gasteiger partial charge in [0.1, 0.15) is 12.7 Å². The second kappa shape index (κ2) is 15.6. The number of aromatic nitrogens is 2. The van der Waals surface area contributed by atoms with Gasteiger partial charge in [0.25, 0.3) is 0 Å². The van der Waals surface area contributed by atoms with Crippen LogP contribution in [0.2, 0.25) is 0 Å². The molecule has 268 valence electrons. The maximum atomic E-state index is 13.5. The van der Waals surface area contributed by atoms with Crippen LogP contribution in [0, 0.1) is 31.6 Å². The first kappa shape index (κ1) is 38.8. The van der Waals surface area contributed by atoms with Gasteiger partial charge >= 0.3 is 35.0 Å². The zero-order valence-electron chi connectivity index (χ0n) is 31.6. The molecule has 6 rings (SSSR count). The number of esters is 2. The minimum Gasteiger partial charge on any atom is -0.681 e. The number of aliphatic hydroxyl groups excluding tert-OH is 1. The summed E-state index contributed by atoms with van der Waals surface area (Å²) in [5.74, 6) is -0.905. The monoisotopic (exact) mass is 702 g/mol. The van der Waals surface area contributed by atoms with Crippen LogP contribution in [0.25, 0.3) is 28.4 Å². The van der Waals surface area contributed by atoms with Crippen molar-refractivity contribution in [1.82, 2.24) is 9.97 Å². The van der Waals surface area contributed by atoms with Gasteiger partial charge in [0, 0.05) is 6.42 Å². The number of hydrogen-bond acceptors (Lipinski definition) is 5. The number of methoxy groups -OCH3 is 1. The maximum absolute atomic E-state index is 13.5. The first-order chi connectivity index (χ1) is 23.9. The minimum atomic E-state index is -1.22. The quantitative estimate of drug-likeness (QED) is 0.204. The molecular formula is C41H50MgN4O5-2. The number of carbonyl (C=O) groups excluding carboxylic acids is 2. The van der Waals surface area contributed by atoms with Gasteiger partial charge in [-0.25, -0.2) is 4.79 Å². The summed E-state index contributed by atoms with van der Waals surface area (Å²) in [6.45, 7) is 17.0. The number of aliphatic hydroxyl groups is 1. The van der Waals surface area contributed by atoms with E-state index in [0.717, 1.165) is 58.0 Å². The Morgan fingerprint density at radius 2 is 1.76 bits per heavy atom. The summed E-state index contributed by atoms with van der Waals surface area (Å²) in [7, 11) is 1.32. The Labute approximate surface area is 318 Å². The molecule has 1 fully saturated rings. The van der Waals surface area contributed by atoms with Crippen molar-refractivity contribution in [1.29, 1.82) is 0 Å². The summed E-state index contributed by atoms with van der Waals surface area (Å²) in [4.78, 5) is 36.7. The predicted octanol–water partition coefficient (Wildman–Crippen LogP) is 5.62. The van der Waals surface area contributed by atoms with Crippen molar-refractivity contribution >= 4 is 52.7 Å². The number of allylic oxidation sites excluding steroid dienone is 3. The van der Waals surface area contributed by atoms with E-state index in [0.29, 0.717) is 28.9 Å². The van der Waals surface area contributed by atoms with E-state index in [9.17, 15) is 14.7 Å². The predicted molar refractivity (Wildman–Crippen MR) is 201 cm³/mol. The first-order valence-electron chi connectivity index (χ1n) is 18.1.